The molecule has 0 atom stereocenters. The molecule has 5 heteroatoms. The second kappa shape index (κ2) is 7.78. The lowest BCUT2D eigenvalue weighted by Gasteiger charge is -2.12. The number of nitrogens with one attached hydrogen (secondary N) is 1. The van der Waals surface area contributed by atoms with E-state index < -0.39 is 0 Å². The summed E-state index contributed by atoms with van der Waals surface area (Å²) in [5, 5.41) is 7.31. The molecule has 1 aromatic carbocycles. The first-order valence-corrected chi connectivity index (χ1v) is 7.42. The number of benzene rings is 1. The lowest BCUT2D eigenvalue weighted by Crippen LogP contribution is -2.19. The van der Waals surface area contributed by atoms with E-state index in [2.05, 4.69) is 35.4 Å². The number of para-hydroxylation sites is 1. The highest BCUT2D eigenvalue weighted by Crippen LogP contribution is 2.18. The van der Waals surface area contributed by atoms with E-state index in [1.54, 1.807) is 0 Å². The third-order valence-electron chi connectivity index (χ3n) is 3.01. The molecule has 0 saturated carbocycles. The van der Waals surface area contributed by atoms with Crippen LogP contribution in [0.25, 0.3) is 0 Å². The van der Waals surface area contributed by atoms with E-state index in [-0.39, 0.29) is 0 Å². The van der Waals surface area contributed by atoms with Crippen molar-refractivity contribution in [3.63, 3.8) is 0 Å². The van der Waals surface area contributed by atoms with Crippen LogP contribution in [0.1, 0.15) is 38.0 Å². The maximum atomic E-state index is 5.81. The molecule has 21 heavy (non-hydrogen) atoms. The van der Waals surface area contributed by atoms with Gasteiger partial charge in [-0.25, -0.2) is 0 Å². The van der Waals surface area contributed by atoms with Gasteiger partial charge in [-0.3, -0.25) is 0 Å². The van der Waals surface area contributed by atoms with Crippen LogP contribution in [0.5, 0.6) is 5.75 Å². The molecule has 114 valence electrons. The van der Waals surface area contributed by atoms with Gasteiger partial charge in [0.2, 0.25) is 11.7 Å². The smallest absolute Gasteiger partial charge is 0.226 e. The highest BCUT2D eigenvalue weighted by atomic mass is 16.5. The minimum Gasteiger partial charge on any atom is -0.485 e. The molecule has 1 heterocycles. The van der Waals surface area contributed by atoms with Gasteiger partial charge in [-0.15, -0.1) is 0 Å². The number of nitrogens with zero attached hydrogens (tertiary/aromatic N) is 2. The van der Waals surface area contributed by atoms with Crippen LogP contribution in [0.4, 0.5) is 0 Å². The van der Waals surface area contributed by atoms with Crippen LogP contribution in [0.2, 0.25) is 0 Å². The van der Waals surface area contributed by atoms with Crippen molar-refractivity contribution in [3.8, 4) is 5.75 Å². The average Bonchev–Trinajstić information content (AvgIpc) is 2.94. The minimum absolute atomic E-state index is 0.324. The maximum absolute atomic E-state index is 5.81. The molecule has 0 radical (unpaired) electrons. The fourth-order valence-corrected chi connectivity index (χ4v) is 1.92. The second-order valence-electron chi connectivity index (χ2n) is 5.38. The zero-order valence-electron chi connectivity index (χ0n) is 12.9. The fraction of sp³-hybridized carbons (Fsp3) is 0.500. The molecule has 0 aliphatic carbocycles. The maximum Gasteiger partial charge on any atom is 0.226 e. The lowest BCUT2D eigenvalue weighted by atomic mass is 10.2. The third-order valence-corrected chi connectivity index (χ3v) is 3.01. The molecular weight excluding hydrogens is 266 g/mol. The van der Waals surface area contributed by atoms with Crippen LogP contribution in [-0.4, -0.2) is 16.7 Å². The van der Waals surface area contributed by atoms with Crippen LogP contribution in [0, 0.1) is 5.92 Å². The number of hydrogen-bond donors (Lipinski definition) is 1. The highest BCUT2D eigenvalue weighted by molar-refractivity contribution is 5.33. The van der Waals surface area contributed by atoms with Crippen LogP contribution in [0.15, 0.2) is 28.8 Å². The monoisotopic (exact) mass is 289 g/mol. The third kappa shape index (κ3) is 4.86. The molecule has 0 unspecified atom stereocenters. The Kier molecular flexibility index (Phi) is 5.75. The Morgan fingerprint density at radius 1 is 1.29 bits per heavy atom. The van der Waals surface area contributed by atoms with Gasteiger partial charge in [-0.05, 0) is 18.5 Å². The van der Waals surface area contributed by atoms with E-state index in [0.717, 1.165) is 30.8 Å². The zero-order chi connectivity index (χ0) is 15.1. The van der Waals surface area contributed by atoms with E-state index in [9.17, 15) is 0 Å². The quantitative estimate of drug-likeness (QED) is 0.809. The number of rotatable bonds is 8. The van der Waals surface area contributed by atoms with Crippen LogP contribution < -0.4 is 10.1 Å². The van der Waals surface area contributed by atoms with E-state index in [1.807, 2.05) is 25.1 Å². The first-order valence-electron chi connectivity index (χ1n) is 7.42. The first kappa shape index (κ1) is 15.5. The van der Waals surface area contributed by atoms with Gasteiger partial charge < -0.3 is 14.6 Å². The van der Waals surface area contributed by atoms with Crippen LogP contribution in [0.3, 0.4) is 0 Å². The topological polar surface area (TPSA) is 60.2 Å². The number of hydrogen-bond acceptors (Lipinski definition) is 5. The molecule has 0 fully saturated rings. The Bertz CT molecular complexity index is 552. The number of aryl methyl sites for hydroxylation is 1. The summed E-state index contributed by atoms with van der Waals surface area (Å²) in [5.74, 6) is 2.71. The average molecular weight is 289 g/mol. The van der Waals surface area contributed by atoms with Gasteiger partial charge in [0, 0.05) is 18.5 Å². The number of aromatic nitrogens is 2. The fourth-order valence-electron chi connectivity index (χ4n) is 1.92. The summed E-state index contributed by atoms with van der Waals surface area (Å²) < 4.78 is 10.9. The highest BCUT2D eigenvalue weighted by Gasteiger charge is 2.07. The van der Waals surface area contributed by atoms with Gasteiger partial charge in [0.25, 0.3) is 0 Å². The van der Waals surface area contributed by atoms with E-state index in [4.69, 9.17) is 9.26 Å². The van der Waals surface area contributed by atoms with Crippen molar-refractivity contribution in [2.45, 2.75) is 40.3 Å². The van der Waals surface area contributed by atoms with Crippen molar-refractivity contribution in [1.29, 1.82) is 0 Å². The van der Waals surface area contributed by atoms with Gasteiger partial charge in [0.15, 0.2) is 6.61 Å². The summed E-state index contributed by atoms with van der Waals surface area (Å²) >= 11 is 0. The molecule has 1 aromatic heterocycles. The van der Waals surface area contributed by atoms with Crippen molar-refractivity contribution >= 4 is 0 Å². The van der Waals surface area contributed by atoms with Crippen molar-refractivity contribution < 1.29 is 9.26 Å². The van der Waals surface area contributed by atoms with Crippen molar-refractivity contribution in [2.24, 2.45) is 5.92 Å². The van der Waals surface area contributed by atoms with Gasteiger partial charge in [-0.1, -0.05) is 44.1 Å². The van der Waals surface area contributed by atoms with Crippen LogP contribution in [-0.2, 0) is 19.6 Å². The molecule has 0 amide bonds. The molecular formula is C16H23N3O2. The van der Waals surface area contributed by atoms with E-state index in [1.165, 1.54) is 0 Å². The molecule has 1 N–H and O–H groups in total. The van der Waals surface area contributed by atoms with E-state index in [0.29, 0.717) is 24.2 Å². The predicted molar refractivity (Wildman–Crippen MR) is 81.0 cm³/mol. The molecule has 0 bridgehead atoms. The molecule has 2 aromatic rings. The SMILES string of the molecule is CCc1nc(COc2ccccc2CNCC(C)C)no1. The summed E-state index contributed by atoms with van der Waals surface area (Å²) in [6.45, 7) is 8.46. The minimum atomic E-state index is 0.324. The van der Waals surface area contributed by atoms with E-state index >= 15 is 0 Å². The van der Waals surface area contributed by atoms with Gasteiger partial charge in [0.05, 0.1) is 0 Å². The summed E-state index contributed by atoms with van der Waals surface area (Å²) in [5.41, 5.74) is 1.14. The van der Waals surface area contributed by atoms with Crippen molar-refractivity contribution in [2.75, 3.05) is 6.54 Å². The Hall–Kier alpha value is -1.88. The molecule has 0 aliphatic heterocycles. The Morgan fingerprint density at radius 3 is 2.81 bits per heavy atom. The Labute approximate surface area is 125 Å². The second-order valence-corrected chi connectivity index (χ2v) is 5.38. The van der Waals surface area contributed by atoms with Crippen molar-refractivity contribution in [1.82, 2.24) is 15.5 Å². The largest absolute Gasteiger partial charge is 0.485 e. The standard InChI is InChI=1S/C16H23N3O2/c1-4-16-18-15(19-21-16)11-20-14-8-6-5-7-13(14)10-17-9-12(2)3/h5-8,12,17H,4,9-11H2,1-3H3. The molecule has 0 saturated heterocycles. The summed E-state index contributed by atoms with van der Waals surface area (Å²) in [6.07, 6.45) is 0.739. The Morgan fingerprint density at radius 2 is 2.10 bits per heavy atom. The molecule has 2 rings (SSSR count). The molecule has 0 aliphatic rings. The summed E-state index contributed by atoms with van der Waals surface area (Å²) in [6, 6.07) is 8.02. The van der Waals surface area contributed by atoms with Gasteiger partial charge in [0.1, 0.15) is 5.75 Å². The zero-order valence-corrected chi connectivity index (χ0v) is 12.9. The van der Waals surface area contributed by atoms with Crippen molar-refractivity contribution in [3.05, 3.63) is 41.5 Å². The normalized spacial score (nSPS) is 11.0. The predicted octanol–water partition coefficient (Wildman–Crippen LogP) is 2.96. The van der Waals surface area contributed by atoms with Gasteiger partial charge >= 0.3 is 0 Å². The number of ether oxygens (including phenoxy) is 1. The lowest BCUT2D eigenvalue weighted by molar-refractivity contribution is 0.282. The summed E-state index contributed by atoms with van der Waals surface area (Å²) in [7, 11) is 0. The van der Waals surface area contributed by atoms with Crippen LogP contribution >= 0.6 is 0 Å². The molecule has 5 nitrogen and oxygen atoms in total. The Balaban J connectivity index is 1.92. The first-order chi connectivity index (χ1) is 10.2. The molecule has 0 spiro atoms. The van der Waals surface area contributed by atoms with Gasteiger partial charge in [-0.2, -0.15) is 4.98 Å². The summed E-state index contributed by atoms with van der Waals surface area (Å²) in [4.78, 5) is 4.24.